The van der Waals surface area contributed by atoms with Crippen molar-refractivity contribution in [1.29, 1.82) is 0 Å². The van der Waals surface area contributed by atoms with E-state index >= 15 is 0 Å². The van der Waals surface area contributed by atoms with Crippen LogP contribution in [0.2, 0.25) is 0 Å². The summed E-state index contributed by atoms with van der Waals surface area (Å²) < 4.78 is 26.3. The minimum atomic E-state index is -2.48. The second-order valence-electron chi connectivity index (χ2n) is 4.75. The largest absolute Gasteiger partial charge is 0.330 e. The van der Waals surface area contributed by atoms with E-state index in [1.165, 1.54) is 9.75 Å². The van der Waals surface area contributed by atoms with Gasteiger partial charge in [-0.2, -0.15) is 0 Å². The molecule has 1 nitrogen and oxygen atoms in total. The predicted molar refractivity (Wildman–Crippen MR) is 63.2 cm³/mol. The molecule has 0 spiro atoms. The molecule has 1 saturated carbocycles. The Balaban J connectivity index is 2.22. The Labute approximate surface area is 98.7 Å². The monoisotopic (exact) mass is 245 g/mol. The van der Waals surface area contributed by atoms with Gasteiger partial charge in [-0.1, -0.05) is 0 Å². The van der Waals surface area contributed by atoms with E-state index in [1.54, 1.807) is 11.3 Å². The molecule has 1 aromatic rings. The summed E-state index contributed by atoms with van der Waals surface area (Å²) in [4.78, 5) is 2.41. The third-order valence-electron chi connectivity index (χ3n) is 3.59. The van der Waals surface area contributed by atoms with Gasteiger partial charge in [0.15, 0.2) is 0 Å². The van der Waals surface area contributed by atoms with Gasteiger partial charge in [0, 0.05) is 34.6 Å². The molecule has 2 N–H and O–H groups in total. The molecular formula is C12H17F2NS. The molecule has 16 heavy (non-hydrogen) atoms. The number of thiophene rings is 1. The number of nitrogens with two attached hydrogens (primary N) is 1. The predicted octanol–water partition coefficient (Wildman–Crippen LogP) is 3.46. The Bertz CT molecular complexity index is 363. The van der Waals surface area contributed by atoms with Crippen LogP contribution in [-0.2, 0) is 5.41 Å². The average molecular weight is 245 g/mol. The molecule has 90 valence electrons. The lowest BCUT2D eigenvalue weighted by atomic mass is 9.72. The molecule has 4 heteroatoms. The van der Waals surface area contributed by atoms with E-state index in [-0.39, 0.29) is 18.3 Å². The van der Waals surface area contributed by atoms with Crippen LogP contribution in [0, 0.1) is 6.92 Å². The highest BCUT2D eigenvalue weighted by Gasteiger charge is 2.44. The Hall–Kier alpha value is -0.480. The van der Waals surface area contributed by atoms with Gasteiger partial charge in [-0.15, -0.1) is 11.3 Å². The molecule has 0 aromatic carbocycles. The molecule has 1 heterocycles. The number of hydrogen-bond acceptors (Lipinski definition) is 2. The maximum absolute atomic E-state index is 13.2. The second kappa shape index (κ2) is 4.08. The van der Waals surface area contributed by atoms with Crippen molar-refractivity contribution in [2.45, 2.75) is 43.9 Å². The summed E-state index contributed by atoms with van der Waals surface area (Å²) >= 11 is 1.69. The lowest BCUT2D eigenvalue weighted by Crippen LogP contribution is -2.41. The minimum Gasteiger partial charge on any atom is -0.330 e. The topological polar surface area (TPSA) is 26.0 Å². The van der Waals surface area contributed by atoms with Crippen molar-refractivity contribution in [2.24, 2.45) is 5.73 Å². The summed E-state index contributed by atoms with van der Waals surface area (Å²) in [6, 6.07) is 4.10. The van der Waals surface area contributed by atoms with E-state index in [4.69, 9.17) is 5.73 Å². The van der Waals surface area contributed by atoms with Crippen LogP contribution in [0.5, 0.6) is 0 Å². The van der Waals surface area contributed by atoms with Crippen LogP contribution in [0.25, 0.3) is 0 Å². The molecule has 0 bridgehead atoms. The first-order valence-corrected chi connectivity index (χ1v) is 6.44. The highest BCUT2D eigenvalue weighted by atomic mass is 32.1. The van der Waals surface area contributed by atoms with Crippen molar-refractivity contribution in [2.75, 3.05) is 6.54 Å². The SMILES string of the molecule is Cc1ccc(C2(CN)CCC(F)(F)CC2)s1. The Kier molecular flexibility index (Phi) is 3.05. The molecule has 0 amide bonds. The van der Waals surface area contributed by atoms with Crippen LogP contribution in [0.4, 0.5) is 8.78 Å². The minimum absolute atomic E-state index is 0.0266. The molecule has 0 aliphatic heterocycles. The standard InChI is InChI=1S/C12H17F2NS/c1-9-2-3-10(16-9)11(8-15)4-6-12(13,14)7-5-11/h2-3H,4-8,15H2,1H3. The molecule has 1 aliphatic carbocycles. The van der Waals surface area contributed by atoms with Crippen LogP contribution in [0.15, 0.2) is 12.1 Å². The quantitative estimate of drug-likeness (QED) is 0.848. The highest BCUT2D eigenvalue weighted by Crippen LogP contribution is 2.46. The third-order valence-corrected chi connectivity index (χ3v) is 4.84. The van der Waals surface area contributed by atoms with E-state index in [0.717, 1.165) is 0 Å². The van der Waals surface area contributed by atoms with E-state index < -0.39 is 5.92 Å². The molecule has 1 aromatic heterocycles. The zero-order valence-corrected chi connectivity index (χ0v) is 10.2. The third kappa shape index (κ3) is 2.13. The summed E-state index contributed by atoms with van der Waals surface area (Å²) in [6.45, 7) is 2.51. The van der Waals surface area contributed by atoms with Gasteiger partial charge in [-0.25, -0.2) is 8.78 Å². The molecule has 1 aliphatic rings. The summed E-state index contributed by atoms with van der Waals surface area (Å²) in [5, 5.41) is 0. The van der Waals surface area contributed by atoms with E-state index in [2.05, 4.69) is 6.07 Å². The maximum Gasteiger partial charge on any atom is 0.248 e. The molecule has 1 fully saturated rings. The van der Waals surface area contributed by atoms with Crippen LogP contribution < -0.4 is 5.73 Å². The van der Waals surface area contributed by atoms with Crippen molar-refractivity contribution in [3.05, 3.63) is 21.9 Å². The summed E-state index contributed by atoms with van der Waals surface area (Å²) in [7, 11) is 0. The number of hydrogen-bond donors (Lipinski definition) is 1. The fourth-order valence-corrected chi connectivity index (χ4v) is 3.49. The lowest BCUT2D eigenvalue weighted by Gasteiger charge is -2.38. The smallest absolute Gasteiger partial charge is 0.248 e. The van der Waals surface area contributed by atoms with E-state index in [1.807, 2.05) is 13.0 Å². The van der Waals surface area contributed by atoms with Crippen molar-refractivity contribution >= 4 is 11.3 Å². The highest BCUT2D eigenvalue weighted by molar-refractivity contribution is 7.12. The van der Waals surface area contributed by atoms with Crippen molar-refractivity contribution < 1.29 is 8.78 Å². The molecular weight excluding hydrogens is 228 g/mol. The number of halogens is 2. The van der Waals surface area contributed by atoms with Gasteiger partial charge < -0.3 is 5.73 Å². The Morgan fingerprint density at radius 1 is 1.25 bits per heavy atom. The van der Waals surface area contributed by atoms with E-state index in [9.17, 15) is 8.78 Å². The van der Waals surface area contributed by atoms with Crippen molar-refractivity contribution in [3.63, 3.8) is 0 Å². The summed E-state index contributed by atoms with van der Waals surface area (Å²) in [6.07, 6.45) is 0.967. The maximum atomic E-state index is 13.2. The van der Waals surface area contributed by atoms with Crippen LogP contribution in [0.3, 0.4) is 0 Å². The normalized spacial score (nSPS) is 23.2. The Morgan fingerprint density at radius 2 is 1.88 bits per heavy atom. The molecule has 2 rings (SSSR count). The summed E-state index contributed by atoms with van der Waals surface area (Å²) in [5.41, 5.74) is 5.64. The number of alkyl halides is 2. The summed E-state index contributed by atoms with van der Waals surface area (Å²) in [5.74, 6) is -2.48. The van der Waals surface area contributed by atoms with Crippen molar-refractivity contribution in [3.8, 4) is 0 Å². The van der Waals surface area contributed by atoms with Crippen LogP contribution >= 0.6 is 11.3 Å². The zero-order chi connectivity index (χ0) is 11.8. The Morgan fingerprint density at radius 3 is 2.31 bits per heavy atom. The fraction of sp³-hybridized carbons (Fsp3) is 0.667. The molecule has 0 atom stereocenters. The second-order valence-corrected chi connectivity index (χ2v) is 6.04. The molecule has 0 unspecified atom stereocenters. The first kappa shape index (κ1) is 12.0. The van der Waals surface area contributed by atoms with Gasteiger partial charge in [-0.3, -0.25) is 0 Å². The first-order chi connectivity index (χ1) is 7.47. The average Bonchev–Trinajstić information content (AvgIpc) is 2.66. The molecule has 0 radical (unpaired) electrons. The van der Waals surface area contributed by atoms with Gasteiger partial charge in [-0.05, 0) is 31.9 Å². The van der Waals surface area contributed by atoms with Gasteiger partial charge in [0.25, 0.3) is 0 Å². The number of aryl methyl sites for hydroxylation is 1. The fourth-order valence-electron chi connectivity index (χ4n) is 2.36. The molecule has 0 saturated heterocycles. The lowest BCUT2D eigenvalue weighted by molar-refractivity contribution is -0.0504. The van der Waals surface area contributed by atoms with E-state index in [0.29, 0.717) is 19.4 Å². The van der Waals surface area contributed by atoms with Gasteiger partial charge >= 0.3 is 0 Å². The number of rotatable bonds is 2. The first-order valence-electron chi connectivity index (χ1n) is 5.62. The van der Waals surface area contributed by atoms with Crippen LogP contribution in [0.1, 0.15) is 35.4 Å². The van der Waals surface area contributed by atoms with Crippen molar-refractivity contribution in [1.82, 2.24) is 0 Å². The van der Waals surface area contributed by atoms with Gasteiger partial charge in [0.2, 0.25) is 5.92 Å². The van der Waals surface area contributed by atoms with Crippen LogP contribution in [-0.4, -0.2) is 12.5 Å². The van der Waals surface area contributed by atoms with Gasteiger partial charge in [0.1, 0.15) is 0 Å². The zero-order valence-electron chi connectivity index (χ0n) is 9.43. The van der Waals surface area contributed by atoms with Gasteiger partial charge in [0.05, 0.1) is 0 Å².